The Morgan fingerprint density at radius 1 is 1.27 bits per heavy atom. The SMILES string of the molecule is CSc1nc(-c2ccc(C(N)=O)cc2)c2c(n1)C(F)(F)CC2. The number of nitrogens with zero attached hydrogens (tertiary/aromatic N) is 2. The average molecular weight is 321 g/mol. The highest BCUT2D eigenvalue weighted by atomic mass is 32.2. The Morgan fingerprint density at radius 2 is 1.95 bits per heavy atom. The van der Waals surface area contributed by atoms with E-state index >= 15 is 0 Å². The zero-order valence-electron chi connectivity index (χ0n) is 11.8. The van der Waals surface area contributed by atoms with Crippen LogP contribution in [0.3, 0.4) is 0 Å². The van der Waals surface area contributed by atoms with Gasteiger partial charge in [-0.1, -0.05) is 23.9 Å². The average Bonchev–Trinajstić information content (AvgIpc) is 2.82. The highest BCUT2D eigenvalue weighted by Crippen LogP contribution is 2.44. The molecule has 114 valence electrons. The van der Waals surface area contributed by atoms with E-state index in [0.717, 1.165) is 0 Å². The van der Waals surface area contributed by atoms with Gasteiger partial charge >= 0.3 is 0 Å². The smallest absolute Gasteiger partial charge is 0.290 e. The van der Waals surface area contributed by atoms with Crippen molar-refractivity contribution in [2.45, 2.75) is 23.9 Å². The molecule has 1 aromatic carbocycles. The highest BCUT2D eigenvalue weighted by Gasteiger charge is 2.43. The number of rotatable bonds is 3. The number of nitrogens with two attached hydrogens (primary N) is 1. The minimum absolute atomic E-state index is 0.180. The van der Waals surface area contributed by atoms with Crippen molar-refractivity contribution >= 4 is 17.7 Å². The van der Waals surface area contributed by atoms with Crippen molar-refractivity contribution in [3.8, 4) is 11.3 Å². The van der Waals surface area contributed by atoms with Gasteiger partial charge in [0.25, 0.3) is 5.92 Å². The Bertz CT molecular complexity index is 747. The maximum Gasteiger partial charge on any atom is 0.290 e. The van der Waals surface area contributed by atoms with Crippen LogP contribution in [0.1, 0.15) is 28.0 Å². The topological polar surface area (TPSA) is 68.9 Å². The van der Waals surface area contributed by atoms with Crippen LogP contribution in [0.2, 0.25) is 0 Å². The largest absolute Gasteiger partial charge is 0.366 e. The molecular weight excluding hydrogens is 308 g/mol. The zero-order chi connectivity index (χ0) is 15.9. The van der Waals surface area contributed by atoms with E-state index in [2.05, 4.69) is 9.97 Å². The lowest BCUT2D eigenvalue weighted by atomic mass is 10.0. The first-order valence-electron chi connectivity index (χ1n) is 6.66. The van der Waals surface area contributed by atoms with Crippen LogP contribution in [0.4, 0.5) is 8.78 Å². The van der Waals surface area contributed by atoms with Crippen LogP contribution in [0.25, 0.3) is 11.3 Å². The van der Waals surface area contributed by atoms with E-state index < -0.39 is 11.8 Å². The first-order valence-corrected chi connectivity index (χ1v) is 7.88. The van der Waals surface area contributed by atoms with E-state index in [1.165, 1.54) is 11.8 Å². The number of thioether (sulfide) groups is 1. The van der Waals surface area contributed by atoms with E-state index in [0.29, 0.717) is 27.5 Å². The van der Waals surface area contributed by atoms with Crippen LogP contribution in [0.15, 0.2) is 29.4 Å². The monoisotopic (exact) mass is 321 g/mol. The number of hydrogen-bond donors (Lipinski definition) is 1. The Hall–Kier alpha value is -2.02. The molecule has 22 heavy (non-hydrogen) atoms. The molecule has 2 N–H and O–H groups in total. The van der Waals surface area contributed by atoms with Gasteiger partial charge in [0.15, 0.2) is 5.16 Å². The summed E-state index contributed by atoms with van der Waals surface area (Å²) in [4.78, 5) is 19.5. The quantitative estimate of drug-likeness (QED) is 0.697. The highest BCUT2D eigenvalue weighted by molar-refractivity contribution is 7.98. The van der Waals surface area contributed by atoms with Crippen LogP contribution < -0.4 is 5.73 Å². The fourth-order valence-corrected chi connectivity index (χ4v) is 2.89. The molecule has 1 aliphatic rings. The number of amides is 1. The van der Waals surface area contributed by atoms with Crippen LogP contribution in [-0.4, -0.2) is 22.1 Å². The van der Waals surface area contributed by atoms with Gasteiger partial charge in [0.2, 0.25) is 5.91 Å². The van der Waals surface area contributed by atoms with Crippen molar-refractivity contribution in [1.82, 2.24) is 9.97 Å². The Morgan fingerprint density at radius 3 is 2.55 bits per heavy atom. The normalized spacial score (nSPS) is 15.6. The molecular formula is C15H13F2N3OS. The summed E-state index contributed by atoms with van der Waals surface area (Å²) in [6, 6.07) is 6.47. The first kappa shape index (κ1) is 14.9. The molecule has 0 spiro atoms. The van der Waals surface area contributed by atoms with Gasteiger partial charge in [0.05, 0.1) is 5.69 Å². The number of hydrogen-bond acceptors (Lipinski definition) is 4. The van der Waals surface area contributed by atoms with Crippen molar-refractivity contribution in [1.29, 1.82) is 0 Å². The Labute approximate surface area is 130 Å². The van der Waals surface area contributed by atoms with Crippen molar-refractivity contribution < 1.29 is 13.6 Å². The molecule has 4 nitrogen and oxygen atoms in total. The van der Waals surface area contributed by atoms with Gasteiger partial charge < -0.3 is 5.73 Å². The predicted octanol–water partition coefficient (Wildman–Crippen LogP) is 3.00. The fourth-order valence-electron chi connectivity index (χ4n) is 2.53. The van der Waals surface area contributed by atoms with Gasteiger partial charge in [0, 0.05) is 23.1 Å². The molecule has 0 fully saturated rings. The number of halogens is 2. The van der Waals surface area contributed by atoms with Crippen LogP contribution >= 0.6 is 11.8 Å². The third-order valence-corrected chi connectivity index (χ3v) is 4.20. The fraction of sp³-hybridized carbons (Fsp3) is 0.267. The van der Waals surface area contributed by atoms with Crippen molar-refractivity contribution in [3.63, 3.8) is 0 Å². The second-order valence-corrected chi connectivity index (χ2v) is 5.81. The van der Waals surface area contributed by atoms with Crippen LogP contribution in [-0.2, 0) is 12.3 Å². The summed E-state index contributed by atoms with van der Waals surface area (Å²) in [6.45, 7) is 0. The van der Waals surface area contributed by atoms with E-state index in [-0.39, 0.29) is 18.5 Å². The minimum Gasteiger partial charge on any atom is -0.366 e. The molecule has 0 saturated heterocycles. The Kier molecular flexibility index (Phi) is 3.60. The zero-order valence-corrected chi connectivity index (χ0v) is 12.6. The van der Waals surface area contributed by atoms with E-state index in [9.17, 15) is 13.6 Å². The number of primary amides is 1. The number of carbonyl (C=O) groups excluding carboxylic acids is 1. The minimum atomic E-state index is -2.91. The van der Waals surface area contributed by atoms with Gasteiger partial charge in [-0.3, -0.25) is 4.79 Å². The summed E-state index contributed by atoms with van der Waals surface area (Å²) >= 11 is 1.22. The Balaban J connectivity index is 2.15. The van der Waals surface area contributed by atoms with Gasteiger partial charge in [0.1, 0.15) is 5.69 Å². The van der Waals surface area contributed by atoms with Gasteiger partial charge in [-0.2, -0.15) is 8.78 Å². The molecule has 7 heteroatoms. The van der Waals surface area contributed by atoms with Crippen molar-refractivity contribution in [2.24, 2.45) is 5.73 Å². The number of benzene rings is 1. The second-order valence-electron chi connectivity index (χ2n) is 5.03. The van der Waals surface area contributed by atoms with Crippen molar-refractivity contribution in [3.05, 3.63) is 41.1 Å². The third-order valence-electron chi connectivity index (χ3n) is 3.65. The number of aromatic nitrogens is 2. The predicted molar refractivity (Wildman–Crippen MR) is 80.0 cm³/mol. The molecule has 3 rings (SSSR count). The second kappa shape index (κ2) is 5.31. The molecule has 0 aliphatic heterocycles. The molecule has 1 aromatic heterocycles. The maximum absolute atomic E-state index is 14.0. The van der Waals surface area contributed by atoms with E-state index in [4.69, 9.17) is 5.73 Å². The molecule has 1 aliphatic carbocycles. The first-order chi connectivity index (χ1) is 10.4. The summed E-state index contributed by atoms with van der Waals surface area (Å²) in [7, 11) is 0. The molecule has 0 bridgehead atoms. The number of carbonyl (C=O) groups is 1. The number of fused-ring (bicyclic) bond motifs is 1. The maximum atomic E-state index is 14.0. The van der Waals surface area contributed by atoms with Gasteiger partial charge in [-0.25, -0.2) is 9.97 Å². The molecule has 2 aromatic rings. The summed E-state index contributed by atoms with van der Waals surface area (Å²) in [5.41, 5.74) is 7.05. The van der Waals surface area contributed by atoms with Gasteiger partial charge in [-0.05, 0) is 24.8 Å². The van der Waals surface area contributed by atoms with E-state index in [1.54, 1.807) is 30.5 Å². The molecule has 0 atom stereocenters. The lowest BCUT2D eigenvalue weighted by Gasteiger charge is -2.12. The lowest BCUT2D eigenvalue weighted by Crippen LogP contribution is -2.12. The summed E-state index contributed by atoms with van der Waals surface area (Å²) < 4.78 is 27.9. The van der Waals surface area contributed by atoms with Gasteiger partial charge in [-0.15, -0.1) is 0 Å². The molecule has 0 unspecified atom stereocenters. The van der Waals surface area contributed by atoms with Crippen molar-refractivity contribution in [2.75, 3.05) is 6.26 Å². The lowest BCUT2D eigenvalue weighted by molar-refractivity contribution is -0.00650. The number of alkyl halides is 2. The third kappa shape index (κ3) is 2.45. The van der Waals surface area contributed by atoms with E-state index in [1.807, 2.05) is 0 Å². The summed E-state index contributed by atoms with van der Waals surface area (Å²) in [5, 5.41) is 0.314. The van der Waals surface area contributed by atoms with Crippen LogP contribution in [0.5, 0.6) is 0 Å². The molecule has 0 radical (unpaired) electrons. The molecule has 0 saturated carbocycles. The standard InChI is InChI=1S/C15H13F2N3OS/c1-22-14-19-11(8-2-4-9(5-3-8)13(18)21)10-6-7-15(16,17)12(10)20-14/h2-5H,6-7H2,1H3,(H2,18,21). The molecule has 1 amide bonds. The molecule has 1 heterocycles. The van der Waals surface area contributed by atoms with Crippen LogP contribution in [0, 0.1) is 0 Å². The summed E-state index contributed by atoms with van der Waals surface area (Å²) in [6.07, 6.45) is 1.74. The summed E-state index contributed by atoms with van der Waals surface area (Å²) in [5.74, 6) is -3.44.